The Hall–Kier alpha value is -2.08. The number of urea groups is 1. The van der Waals surface area contributed by atoms with E-state index >= 15 is 0 Å². The van der Waals surface area contributed by atoms with Gasteiger partial charge in [0.2, 0.25) is 0 Å². The lowest BCUT2D eigenvalue weighted by Gasteiger charge is -2.42. The first-order valence-electron chi connectivity index (χ1n) is 9.95. The molecule has 148 valence electrons. The summed E-state index contributed by atoms with van der Waals surface area (Å²) < 4.78 is 0. The molecule has 1 saturated heterocycles. The van der Waals surface area contributed by atoms with Crippen LogP contribution >= 0.6 is 0 Å². The molecule has 2 amide bonds. The SMILES string of the molecule is CCN(CC(=O)O)C1CC(NC(=O)N2CCC(c3ccc(C)cc3C)C2)C1. The number of carbonyl (C=O) groups is 2. The first kappa shape index (κ1) is 19.7. The first-order chi connectivity index (χ1) is 12.9. The van der Waals surface area contributed by atoms with E-state index in [1.54, 1.807) is 0 Å². The summed E-state index contributed by atoms with van der Waals surface area (Å²) in [6, 6.07) is 7.00. The average molecular weight is 373 g/mol. The summed E-state index contributed by atoms with van der Waals surface area (Å²) in [6.45, 7) is 8.59. The van der Waals surface area contributed by atoms with Crippen LogP contribution in [0.4, 0.5) is 4.79 Å². The van der Waals surface area contributed by atoms with Gasteiger partial charge in [-0.05, 0) is 50.8 Å². The van der Waals surface area contributed by atoms with Crippen LogP contribution in [0, 0.1) is 13.8 Å². The van der Waals surface area contributed by atoms with E-state index in [2.05, 4.69) is 37.4 Å². The molecule has 1 aliphatic carbocycles. The van der Waals surface area contributed by atoms with E-state index in [0.29, 0.717) is 5.92 Å². The molecule has 2 fully saturated rings. The Morgan fingerprint density at radius 3 is 2.67 bits per heavy atom. The second kappa shape index (κ2) is 8.30. The average Bonchev–Trinajstić information content (AvgIpc) is 3.05. The summed E-state index contributed by atoms with van der Waals surface area (Å²) in [5, 5.41) is 12.1. The van der Waals surface area contributed by atoms with Crippen molar-refractivity contribution in [2.75, 3.05) is 26.2 Å². The summed E-state index contributed by atoms with van der Waals surface area (Å²) in [5.74, 6) is -0.379. The molecule has 0 bridgehead atoms. The zero-order valence-corrected chi connectivity index (χ0v) is 16.6. The van der Waals surface area contributed by atoms with Crippen LogP contribution in [-0.2, 0) is 4.79 Å². The number of hydrogen-bond acceptors (Lipinski definition) is 3. The minimum Gasteiger partial charge on any atom is -0.480 e. The summed E-state index contributed by atoms with van der Waals surface area (Å²) in [5.41, 5.74) is 3.93. The van der Waals surface area contributed by atoms with Crippen molar-refractivity contribution in [1.82, 2.24) is 15.1 Å². The van der Waals surface area contributed by atoms with Crippen LogP contribution in [-0.4, -0.2) is 65.2 Å². The number of nitrogens with one attached hydrogen (secondary N) is 1. The number of rotatable bonds is 6. The summed E-state index contributed by atoms with van der Waals surface area (Å²) in [6.07, 6.45) is 2.68. The van der Waals surface area contributed by atoms with Crippen molar-refractivity contribution in [2.24, 2.45) is 0 Å². The maximum atomic E-state index is 12.6. The number of nitrogens with zero attached hydrogens (tertiary/aromatic N) is 2. The second-order valence-electron chi connectivity index (χ2n) is 8.02. The molecule has 0 radical (unpaired) electrons. The van der Waals surface area contributed by atoms with Gasteiger partial charge >= 0.3 is 12.0 Å². The first-order valence-corrected chi connectivity index (χ1v) is 9.95. The Morgan fingerprint density at radius 2 is 2.04 bits per heavy atom. The highest BCUT2D eigenvalue weighted by atomic mass is 16.4. The maximum Gasteiger partial charge on any atom is 0.317 e. The van der Waals surface area contributed by atoms with Crippen molar-refractivity contribution < 1.29 is 14.7 Å². The number of aryl methyl sites for hydroxylation is 2. The third-order valence-electron chi connectivity index (χ3n) is 6.04. The number of likely N-dealkylation sites (tertiary alicyclic amines) is 1. The third kappa shape index (κ3) is 4.61. The number of carbonyl (C=O) groups excluding carboxylic acids is 1. The highest BCUT2D eigenvalue weighted by Gasteiger charge is 2.36. The van der Waals surface area contributed by atoms with Crippen LogP contribution in [0.25, 0.3) is 0 Å². The monoisotopic (exact) mass is 373 g/mol. The third-order valence-corrected chi connectivity index (χ3v) is 6.04. The lowest BCUT2D eigenvalue weighted by atomic mass is 9.85. The molecule has 2 N–H and O–H groups in total. The van der Waals surface area contributed by atoms with Crippen LogP contribution in [0.15, 0.2) is 18.2 Å². The summed E-state index contributed by atoms with van der Waals surface area (Å²) in [7, 11) is 0. The highest BCUT2D eigenvalue weighted by Crippen LogP contribution is 2.31. The van der Waals surface area contributed by atoms with E-state index in [1.807, 2.05) is 16.7 Å². The number of amides is 2. The molecule has 3 rings (SSSR count). The Kier molecular flexibility index (Phi) is 6.05. The highest BCUT2D eigenvalue weighted by molar-refractivity contribution is 5.75. The summed E-state index contributed by atoms with van der Waals surface area (Å²) >= 11 is 0. The van der Waals surface area contributed by atoms with Gasteiger partial charge in [0.15, 0.2) is 0 Å². The van der Waals surface area contributed by atoms with Crippen LogP contribution in [0.3, 0.4) is 0 Å². The zero-order chi connectivity index (χ0) is 19.6. The summed E-state index contributed by atoms with van der Waals surface area (Å²) in [4.78, 5) is 27.4. The Bertz CT molecular complexity index is 700. The van der Waals surface area contributed by atoms with Crippen LogP contribution in [0.1, 0.15) is 48.8 Å². The maximum absolute atomic E-state index is 12.6. The minimum absolute atomic E-state index is 0.0204. The van der Waals surface area contributed by atoms with Crippen LogP contribution < -0.4 is 5.32 Å². The molecule has 1 aliphatic heterocycles. The number of likely N-dealkylation sites (N-methyl/N-ethyl adjacent to an activating group) is 1. The molecule has 1 aromatic carbocycles. The van der Waals surface area contributed by atoms with Gasteiger partial charge in [0.1, 0.15) is 0 Å². The molecule has 27 heavy (non-hydrogen) atoms. The fourth-order valence-corrected chi connectivity index (χ4v) is 4.42. The van der Waals surface area contributed by atoms with E-state index in [4.69, 9.17) is 5.11 Å². The van der Waals surface area contributed by atoms with Gasteiger partial charge in [0.05, 0.1) is 6.54 Å². The lowest BCUT2D eigenvalue weighted by Crippen LogP contribution is -2.56. The van der Waals surface area contributed by atoms with Crippen molar-refractivity contribution in [3.63, 3.8) is 0 Å². The number of benzene rings is 1. The number of carboxylic acids is 1. The standard InChI is InChI=1S/C21H31N3O3/c1-4-23(13-20(25)26)18-10-17(11-18)22-21(27)24-8-7-16(12-24)19-6-5-14(2)9-15(19)3/h5-6,9,16-18H,4,7-8,10-13H2,1-3H3,(H,22,27)(H,25,26). The molecule has 0 aromatic heterocycles. The molecule has 6 heteroatoms. The molecule has 1 aromatic rings. The van der Waals surface area contributed by atoms with Gasteiger partial charge in [-0.3, -0.25) is 9.69 Å². The zero-order valence-electron chi connectivity index (χ0n) is 16.6. The van der Waals surface area contributed by atoms with Crippen molar-refractivity contribution >= 4 is 12.0 Å². The van der Waals surface area contributed by atoms with Crippen LogP contribution in [0.2, 0.25) is 0 Å². The number of aliphatic carboxylic acids is 1. The van der Waals surface area contributed by atoms with Crippen molar-refractivity contribution in [2.45, 2.75) is 58.0 Å². The van der Waals surface area contributed by atoms with E-state index in [0.717, 1.165) is 38.9 Å². The molecular formula is C21H31N3O3. The molecule has 2 aliphatic rings. The molecular weight excluding hydrogens is 342 g/mol. The lowest BCUT2D eigenvalue weighted by molar-refractivity contribution is -0.139. The number of hydrogen-bond donors (Lipinski definition) is 2. The van der Waals surface area contributed by atoms with E-state index in [9.17, 15) is 9.59 Å². The van der Waals surface area contributed by atoms with Gasteiger partial charge in [-0.1, -0.05) is 30.7 Å². The van der Waals surface area contributed by atoms with Gasteiger partial charge in [-0.2, -0.15) is 0 Å². The van der Waals surface area contributed by atoms with Gasteiger partial charge in [-0.25, -0.2) is 4.79 Å². The van der Waals surface area contributed by atoms with Gasteiger partial charge in [-0.15, -0.1) is 0 Å². The van der Waals surface area contributed by atoms with Crippen molar-refractivity contribution in [1.29, 1.82) is 0 Å². The quantitative estimate of drug-likeness (QED) is 0.804. The predicted octanol–water partition coefficient (Wildman–Crippen LogP) is 2.74. The van der Waals surface area contributed by atoms with Crippen LogP contribution in [0.5, 0.6) is 0 Å². The largest absolute Gasteiger partial charge is 0.480 e. The predicted molar refractivity (Wildman–Crippen MR) is 105 cm³/mol. The van der Waals surface area contributed by atoms with Gasteiger partial charge in [0, 0.05) is 31.1 Å². The molecule has 0 spiro atoms. The molecule has 6 nitrogen and oxygen atoms in total. The Labute approximate surface area is 161 Å². The van der Waals surface area contributed by atoms with Gasteiger partial charge in [0.25, 0.3) is 0 Å². The number of carboxylic acid groups (broad SMARTS) is 1. The molecule has 1 saturated carbocycles. The van der Waals surface area contributed by atoms with E-state index in [-0.39, 0.29) is 24.7 Å². The van der Waals surface area contributed by atoms with E-state index in [1.165, 1.54) is 16.7 Å². The van der Waals surface area contributed by atoms with Crippen molar-refractivity contribution in [3.8, 4) is 0 Å². The van der Waals surface area contributed by atoms with Crippen molar-refractivity contribution in [3.05, 3.63) is 34.9 Å². The molecule has 1 atom stereocenters. The van der Waals surface area contributed by atoms with E-state index < -0.39 is 5.97 Å². The Morgan fingerprint density at radius 1 is 1.30 bits per heavy atom. The fourth-order valence-electron chi connectivity index (χ4n) is 4.42. The minimum atomic E-state index is -0.793. The molecule has 1 heterocycles. The molecule has 1 unspecified atom stereocenters. The smallest absolute Gasteiger partial charge is 0.317 e. The van der Waals surface area contributed by atoms with Gasteiger partial charge < -0.3 is 15.3 Å². The Balaban J connectivity index is 1.47. The second-order valence-corrected chi connectivity index (χ2v) is 8.02. The fraction of sp³-hybridized carbons (Fsp3) is 0.619. The topological polar surface area (TPSA) is 72.9 Å². The normalized spacial score (nSPS) is 24.7.